The molecule has 0 saturated heterocycles. The molecular weight excluding hydrogens is 442 g/mol. The lowest BCUT2D eigenvalue weighted by Gasteiger charge is -2.27. The van der Waals surface area contributed by atoms with Crippen molar-refractivity contribution in [3.05, 3.63) is 75.2 Å². The highest BCUT2D eigenvalue weighted by atomic mass is 16.4. The van der Waals surface area contributed by atoms with Crippen molar-refractivity contribution in [2.24, 2.45) is 10.9 Å². The Morgan fingerprint density at radius 3 is 2.51 bits per heavy atom. The maximum absolute atomic E-state index is 13.1. The fourth-order valence-corrected chi connectivity index (χ4v) is 4.82. The maximum atomic E-state index is 13.1. The number of aryl methyl sites for hydroxylation is 1. The van der Waals surface area contributed by atoms with E-state index in [9.17, 15) is 19.8 Å². The lowest BCUT2D eigenvalue weighted by molar-refractivity contribution is -0.143. The lowest BCUT2D eigenvalue weighted by Crippen LogP contribution is -2.21. The highest BCUT2D eigenvalue weighted by Crippen LogP contribution is 2.42. The molecule has 7 heteroatoms. The standard InChI is InChI=1S/C28H33N3O4/c1-17-23(26(33)31(30-17)21-13-11-20(12-14-21)28(2,3)4)16-29-24-10-6-9-22(25(24)32)18-7-5-8-19(15-18)27(34)35/h6,9-14,16,18-19,30,32H,5,7-8,15H2,1-4H3,(H,34,35). The van der Waals surface area contributed by atoms with Crippen LogP contribution in [0.3, 0.4) is 0 Å². The molecule has 4 rings (SSSR count). The second-order valence-corrected chi connectivity index (χ2v) is 10.5. The summed E-state index contributed by atoms with van der Waals surface area (Å²) >= 11 is 0. The zero-order valence-corrected chi connectivity index (χ0v) is 20.7. The van der Waals surface area contributed by atoms with Crippen molar-refractivity contribution >= 4 is 17.9 Å². The fraction of sp³-hybridized carbons (Fsp3) is 0.393. The van der Waals surface area contributed by atoms with E-state index in [2.05, 4.69) is 30.9 Å². The normalized spacial score (nSPS) is 18.7. The molecule has 1 aliphatic rings. The van der Waals surface area contributed by atoms with Crippen LogP contribution in [0.25, 0.3) is 5.69 Å². The summed E-state index contributed by atoms with van der Waals surface area (Å²) in [6.07, 6.45) is 4.30. The van der Waals surface area contributed by atoms with E-state index in [0.29, 0.717) is 35.3 Å². The summed E-state index contributed by atoms with van der Waals surface area (Å²) in [5.74, 6) is -1.15. The Hall–Kier alpha value is -3.61. The summed E-state index contributed by atoms with van der Waals surface area (Å²) in [5.41, 5.74) is 3.89. The van der Waals surface area contributed by atoms with Gasteiger partial charge in [0.1, 0.15) is 11.4 Å². The van der Waals surface area contributed by atoms with Crippen LogP contribution >= 0.6 is 0 Å². The molecule has 0 spiro atoms. The number of aromatic amines is 1. The number of benzene rings is 2. The summed E-state index contributed by atoms with van der Waals surface area (Å²) in [7, 11) is 0. The molecule has 35 heavy (non-hydrogen) atoms. The number of nitrogens with one attached hydrogen (secondary N) is 1. The Morgan fingerprint density at radius 1 is 1.14 bits per heavy atom. The third kappa shape index (κ3) is 5.09. The van der Waals surface area contributed by atoms with Crippen LogP contribution in [-0.4, -0.2) is 32.2 Å². The fourth-order valence-electron chi connectivity index (χ4n) is 4.82. The molecule has 2 unspecified atom stereocenters. The molecule has 1 fully saturated rings. The van der Waals surface area contributed by atoms with E-state index in [4.69, 9.17) is 0 Å². The molecule has 2 atom stereocenters. The van der Waals surface area contributed by atoms with Gasteiger partial charge in [-0.15, -0.1) is 0 Å². The predicted octanol–water partition coefficient (Wildman–Crippen LogP) is 5.59. The van der Waals surface area contributed by atoms with E-state index in [1.165, 1.54) is 16.5 Å². The van der Waals surface area contributed by atoms with E-state index < -0.39 is 11.9 Å². The maximum Gasteiger partial charge on any atom is 0.306 e. The number of rotatable bonds is 5. The van der Waals surface area contributed by atoms with E-state index >= 15 is 0 Å². The number of hydrogen-bond acceptors (Lipinski definition) is 4. The van der Waals surface area contributed by atoms with Gasteiger partial charge in [-0.2, -0.15) is 0 Å². The molecular formula is C28H33N3O4. The van der Waals surface area contributed by atoms with Crippen LogP contribution in [0.5, 0.6) is 5.75 Å². The van der Waals surface area contributed by atoms with Crippen LogP contribution in [0.4, 0.5) is 5.69 Å². The van der Waals surface area contributed by atoms with Gasteiger partial charge in [-0.25, -0.2) is 4.68 Å². The van der Waals surface area contributed by atoms with Crippen molar-refractivity contribution in [2.75, 3.05) is 0 Å². The van der Waals surface area contributed by atoms with Gasteiger partial charge in [0.15, 0.2) is 0 Å². The van der Waals surface area contributed by atoms with Gasteiger partial charge in [-0.1, -0.05) is 51.5 Å². The highest BCUT2D eigenvalue weighted by molar-refractivity contribution is 5.84. The number of hydrogen-bond donors (Lipinski definition) is 3. The molecule has 3 aromatic rings. The second-order valence-electron chi connectivity index (χ2n) is 10.5. The predicted molar refractivity (Wildman–Crippen MR) is 138 cm³/mol. The van der Waals surface area contributed by atoms with Crippen LogP contribution in [-0.2, 0) is 10.2 Å². The number of aliphatic imine (C=N–C) groups is 1. The Morgan fingerprint density at radius 2 is 1.86 bits per heavy atom. The summed E-state index contributed by atoms with van der Waals surface area (Å²) in [4.78, 5) is 29.0. The van der Waals surface area contributed by atoms with Crippen LogP contribution in [0.2, 0.25) is 0 Å². The summed E-state index contributed by atoms with van der Waals surface area (Å²) < 4.78 is 1.49. The number of nitrogens with zero attached hydrogens (tertiary/aromatic N) is 2. The SMILES string of the molecule is Cc1[nH]n(-c2ccc(C(C)(C)C)cc2)c(=O)c1C=Nc1cccc(C2CCCC(C(=O)O)C2)c1O. The average Bonchev–Trinajstić information content (AvgIpc) is 3.11. The number of carbonyl (C=O) groups is 1. The van der Waals surface area contributed by atoms with Gasteiger partial charge in [0, 0.05) is 11.9 Å². The highest BCUT2D eigenvalue weighted by Gasteiger charge is 2.29. The van der Waals surface area contributed by atoms with Crippen LogP contribution < -0.4 is 5.56 Å². The molecule has 3 N–H and O–H groups in total. The van der Waals surface area contributed by atoms with Gasteiger partial charge in [0.05, 0.1) is 17.2 Å². The van der Waals surface area contributed by atoms with Gasteiger partial charge in [0.2, 0.25) is 0 Å². The van der Waals surface area contributed by atoms with Crippen LogP contribution in [0, 0.1) is 12.8 Å². The molecule has 184 valence electrons. The molecule has 1 aromatic heterocycles. The Bertz CT molecular complexity index is 1310. The molecule has 0 aliphatic heterocycles. The van der Waals surface area contributed by atoms with Crippen molar-refractivity contribution in [1.29, 1.82) is 0 Å². The second kappa shape index (κ2) is 9.56. The quantitative estimate of drug-likeness (QED) is 0.418. The molecule has 0 radical (unpaired) electrons. The first-order valence-corrected chi connectivity index (χ1v) is 12.1. The zero-order chi connectivity index (χ0) is 25.3. The zero-order valence-electron chi connectivity index (χ0n) is 20.7. The van der Waals surface area contributed by atoms with Crippen molar-refractivity contribution in [2.45, 2.75) is 64.7 Å². The first-order chi connectivity index (χ1) is 16.6. The minimum absolute atomic E-state index is 0.0235. The van der Waals surface area contributed by atoms with E-state index in [1.807, 2.05) is 43.3 Å². The molecule has 2 aromatic carbocycles. The molecule has 1 heterocycles. The van der Waals surface area contributed by atoms with Crippen LogP contribution in [0.1, 0.15) is 74.8 Å². The number of phenols is 1. The Balaban J connectivity index is 1.60. The van der Waals surface area contributed by atoms with Crippen molar-refractivity contribution < 1.29 is 15.0 Å². The number of para-hydroxylation sites is 1. The molecule has 1 aliphatic carbocycles. The van der Waals surface area contributed by atoms with Gasteiger partial charge in [-0.3, -0.25) is 19.7 Å². The van der Waals surface area contributed by atoms with Gasteiger partial charge in [-0.05, 0) is 66.8 Å². The third-order valence-corrected chi connectivity index (χ3v) is 6.95. The topological polar surface area (TPSA) is 108 Å². The lowest BCUT2D eigenvalue weighted by atomic mass is 9.77. The van der Waals surface area contributed by atoms with Crippen molar-refractivity contribution in [3.8, 4) is 11.4 Å². The largest absolute Gasteiger partial charge is 0.505 e. The summed E-state index contributed by atoms with van der Waals surface area (Å²) in [6.45, 7) is 8.24. The average molecular weight is 476 g/mol. The van der Waals surface area contributed by atoms with Gasteiger partial charge in [0.25, 0.3) is 5.56 Å². The van der Waals surface area contributed by atoms with Crippen LogP contribution in [0.15, 0.2) is 52.3 Å². The third-order valence-electron chi connectivity index (χ3n) is 6.95. The minimum Gasteiger partial charge on any atom is -0.505 e. The number of H-pyrrole nitrogens is 1. The summed E-state index contributed by atoms with van der Waals surface area (Å²) in [6, 6.07) is 13.2. The number of aromatic hydroxyl groups is 1. The smallest absolute Gasteiger partial charge is 0.306 e. The molecule has 7 nitrogen and oxygen atoms in total. The Kier molecular flexibility index (Phi) is 6.70. The molecule has 0 bridgehead atoms. The van der Waals surface area contributed by atoms with E-state index in [1.54, 1.807) is 6.07 Å². The number of aromatic nitrogens is 2. The number of carboxylic acids is 1. The van der Waals surface area contributed by atoms with E-state index in [-0.39, 0.29) is 22.6 Å². The summed E-state index contributed by atoms with van der Waals surface area (Å²) in [5, 5.41) is 23.4. The molecule has 1 saturated carbocycles. The van der Waals surface area contributed by atoms with Gasteiger partial charge < -0.3 is 10.2 Å². The minimum atomic E-state index is -0.782. The van der Waals surface area contributed by atoms with Crippen molar-refractivity contribution in [3.63, 3.8) is 0 Å². The van der Waals surface area contributed by atoms with Crippen molar-refractivity contribution in [1.82, 2.24) is 9.78 Å². The Labute approximate surface area is 205 Å². The molecule has 0 amide bonds. The number of carboxylic acid groups (broad SMARTS) is 1. The number of aliphatic carboxylic acids is 1. The van der Waals surface area contributed by atoms with Gasteiger partial charge >= 0.3 is 5.97 Å². The monoisotopic (exact) mass is 475 g/mol. The first-order valence-electron chi connectivity index (χ1n) is 12.1. The number of phenolic OH excluding ortho intramolecular Hbond substituents is 1. The van der Waals surface area contributed by atoms with E-state index in [0.717, 1.165) is 18.5 Å². The first kappa shape index (κ1) is 24.5.